The summed E-state index contributed by atoms with van der Waals surface area (Å²) in [5.41, 5.74) is 2.13. The molecule has 5 heteroatoms. The Morgan fingerprint density at radius 2 is 2.19 bits per heavy atom. The molecule has 1 N–H and O–H groups in total. The van der Waals surface area contributed by atoms with E-state index in [0.29, 0.717) is 5.25 Å². The van der Waals surface area contributed by atoms with E-state index in [1.807, 2.05) is 18.7 Å². The minimum atomic E-state index is -4.08. The topological polar surface area (TPSA) is 54.4 Å². The summed E-state index contributed by atoms with van der Waals surface area (Å²) in [5, 5.41) is 0.377. The number of rotatable bonds is 2. The molecule has 1 saturated heterocycles. The summed E-state index contributed by atoms with van der Waals surface area (Å²) in [4.78, 5) is 0.000556. The van der Waals surface area contributed by atoms with Crippen molar-refractivity contribution in [1.29, 1.82) is 0 Å². The molecular weight excluding hydrogens is 244 g/mol. The molecule has 0 radical (unpaired) electrons. The smallest absolute Gasteiger partial charge is 0.282 e. The van der Waals surface area contributed by atoms with Gasteiger partial charge in [-0.2, -0.15) is 20.2 Å². The third kappa shape index (κ3) is 2.42. The van der Waals surface area contributed by atoms with Gasteiger partial charge in [-0.1, -0.05) is 6.07 Å². The second-order valence-electron chi connectivity index (χ2n) is 4.00. The lowest BCUT2D eigenvalue weighted by molar-refractivity contribution is 0.483. The van der Waals surface area contributed by atoms with Crippen molar-refractivity contribution >= 4 is 21.9 Å². The second kappa shape index (κ2) is 4.39. The summed E-state index contributed by atoms with van der Waals surface area (Å²) in [5.74, 6) is 1.13. The van der Waals surface area contributed by atoms with Crippen LogP contribution in [0.3, 0.4) is 0 Å². The predicted octanol–water partition coefficient (Wildman–Crippen LogP) is 2.81. The molecule has 0 amide bonds. The highest BCUT2D eigenvalue weighted by Crippen LogP contribution is 2.41. The molecule has 1 fully saturated rings. The van der Waals surface area contributed by atoms with Crippen LogP contribution >= 0.6 is 11.8 Å². The maximum absolute atomic E-state index is 11.1. The fraction of sp³-hybridized carbons (Fsp3) is 0.455. The fourth-order valence-electron chi connectivity index (χ4n) is 1.95. The lowest BCUT2D eigenvalue weighted by atomic mass is 10.0. The Kier molecular flexibility index (Phi) is 3.28. The number of hydrogen-bond donors (Lipinski definition) is 1. The van der Waals surface area contributed by atoms with E-state index in [1.54, 1.807) is 12.1 Å². The Hall–Kier alpha value is -0.520. The summed E-state index contributed by atoms with van der Waals surface area (Å²) in [7, 11) is -4.08. The first-order valence-electron chi connectivity index (χ1n) is 5.18. The van der Waals surface area contributed by atoms with Crippen LogP contribution < -0.4 is 0 Å². The predicted molar refractivity (Wildman–Crippen MR) is 65.4 cm³/mol. The molecule has 1 aliphatic rings. The molecular formula is C11H14O3S2. The van der Waals surface area contributed by atoms with Crippen LogP contribution in [-0.2, 0) is 10.1 Å². The Bertz CT molecular complexity index is 488. The molecule has 0 saturated carbocycles. The molecule has 2 rings (SSSR count). The van der Waals surface area contributed by atoms with Gasteiger partial charge in [-0.3, -0.25) is 4.55 Å². The van der Waals surface area contributed by atoms with Gasteiger partial charge >= 0.3 is 0 Å². The summed E-state index contributed by atoms with van der Waals surface area (Å²) in [6.07, 6.45) is 2.26. The molecule has 0 spiro atoms. The van der Waals surface area contributed by atoms with Gasteiger partial charge in [0, 0.05) is 5.25 Å². The lowest BCUT2D eigenvalue weighted by Crippen LogP contribution is -2.01. The molecule has 1 aromatic rings. The lowest BCUT2D eigenvalue weighted by Gasteiger charge is -2.13. The Balaban J connectivity index is 2.44. The summed E-state index contributed by atoms with van der Waals surface area (Å²) < 4.78 is 31.1. The van der Waals surface area contributed by atoms with Crippen LogP contribution in [0.15, 0.2) is 23.1 Å². The highest BCUT2D eigenvalue weighted by Gasteiger charge is 2.21. The van der Waals surface area contributed by atoms with E-state index < -0.39 is 10.1 Å². The third-order valence-electron chi connectivity index (χ3n) is 2.83. The molecule has 16 heavy (non-hydrogen) atoms. The summed E-state index contributed by atoms with van der Waals surface area (Å²) >= 11 is 1.85. The van der Waals surface area contributed by atoms with Crippen molar-refractivity contribution in [3.05, 3.63) is 29.3 Å². The fourth-order valence-corrected chi connectivity index (χ4v) is 3.85. The van der Waals surface area contributed by atoms with Crippen molar-refractivity contribution in [3.8, 4) is 0 Å². The molecule has 0 unspecified atom stereocenters. The van der Waals surface area contributed by atoms with Gasteiger partial charge < -0.3 is 0 Å². The number of hydrogen-bond acceptors (Lipinski definition) is 3. The van der Waals surface area contributed by atoms with Crippen molar-refractivity contribution in [2.24, 2.45) is 0 Å². The van der Waals surface area contributed by atoms with Crippen molar-refractivity contribution < 1.29 is 13.0 Å². The standard InChI is InChI=1S/C11H14O3S2/c1-8-4-5-9(16(12,13)14)7-10(8)11-3-2-6-15-11/h4-5,7,11H,2-3,6H2,1H3,(H,12,13,14)/t11-/m1/s1. The normalized spacial score (nSPS) is 21.2. The molecule has 1 heterocycles. The minimum absolute atomic E-state index is 0.000556. The maximum atomic E-state index is 11.1. The van der Waals surface area contributed by atoms with E-state index >= 15 is 0 Å². The maximum Gasteiger partial charge on any atom is 0.294 e. The highest BCUT2D eigenvalue weighted by atomic mass is 32.2. The minimum Gasteiger partial charge on any atom is -0.282 e. The van der Waals surface area contributed by atoms with Crippen LogP contribution in [0.5, 0.6) is 0 Å². The van der Waals surface area contributed by atoms with E-state index in [4.69, 9.17) is 4.55 Å². The molecule has 3 nitrogen and oxygen atoms in total. The zero-order chi connectivity index (χ0) is 11.8. The van der Waals surface area contributed by atoms with Crippen LogP contribution in [0.4, 0.5) is 0 Å². The number of benzene rings is 1. The number of thioether (sulfide) groups is 1. The average molecular weight is 258 g/mol. The van der Waals surface area contributed by atoms with E-state index in [-0.39, 0.29) is 4.90 Å². The molecule has 0 aliphatic carbocycles. The zero-order valence-corrected chi connectivity index (χ0v) is 10.6. The first-order chi connectivity index (χ1) is 7.48. The molecule has 1 aromatic carbocycles. The Morgan fingerprint density at radius 1 is 1.44 bits per heavy atom. The van der Waals surface area contributed by atoms with E-state index in [9.17, 15) is 8.42 Å². The van der Waals surface area contributed by atoms with Gasteiger partial charge in [0.05, 0.1) is 4.90 Å². The Labute approximate surface area is 100 Å². The largest absolute Gasteiger partial charge is 0.294 e. The molecule has 0 bridgehead atoms. The summed E-state index contributed by atoms with van der Waals surface area (Å²) in [6, 6.07) is 4.82. The third-order valence-corrected chi connectivity index (χ3v) is 5.09. The van der Waals surface area contributed by atoms with Gasteiger partial charge in [-0.15, -0.1) is 0 Å². The number of aryl methyl sites for hydroxylation is 1. The van der Waals surface area contributed by atoms with Crippen molar-refractivity contribution in [3.63, 3.8) is 0 Å². The van der Waals surface area contributed by atoms with Gasteiger partial charge in [0.1, 0.15) is 0 Å². The van der Waals surface area contributed by atoms with Crippen molar-refractivity contribution in [2.45, 2.75) is 29.9 Å². The average Bonchev–Trinajstić information content (AvgIpc) is 2.69. The van der Waals surface area contributed by atoms with Crippen LogP contribution in [0.2, 0.25) is 0 Å². The monoisotopic (exact) mass is 258 g/mol. The molecule has 1 atom stereocenters. The first kappa shape index (κ1) is 12.0. The van der Waals surface area contributed by atoms with E-state index in [2.05, 4.69) is 0 Å². The second-order valence-corrected chi connectivity index (χ2v) is 6.73. The van der Waals surface area contributed by atoms with Crippen LogP contribution in [-0.4, -0.2) is 18.7 Å². The molecule has 0 aromatic heterocycles. The van der Waals surface area contributed by atoms with E-state index in [1.165, 1.54) is 12.5 Å². The quantitative estimate of drug-likeness (QED) is 0.829. The van der Waals surface area contributed by atoms with Gasteiger partial charge in [0.15, 0.2) is 0 Å². The van der Waals surface area contributed by atoms with Crippen LogP contribution in [0.1, 0.15) is 29.2 Å². The van der Waals surface area contributed by atoms with Gasteiger partial charge in [0.25, 0.3) is 10.1 Å². The summed E-state index contributed by atoms with van der Waals surface area (Å²) in [6.45, 7) is 1.97. The van der Waals surface area contributed by atoms with Gasteiger partial charge in [0.2, 0.25) is 0 Å². The SMILES string of the molecule is Cc1ccc(S(=O)(=O)O)cc1[C@H]1CCCS1. The van der Waals surface area contributed by atoms with Crippen molar-refractivity contribution in [2.75, 3.05) is 5.75 Å². The van der Waals surface area contributed by atoms with Gasteiger partial charge in [-0.05, 0) is 48.8 Å². The van der Waals surface area contributed by atoms with Crippen LogP contribution in [0, 0.1) is 6.92 Å². The Morgan fingerprint density at radius 3 is 2.75 bits per heavy atom. The highest BCUT2D eigenvalue weighted by molar-refractivity contribution is 7.99. The molecule has 88 valence electrons. The first-order valence-corrected chi connectivity index (χ1v) is 7.67. The van der Waals surface area contributed by atoms with E-state index in [0.717, 1.165) is 23.3 Å². The zero-order valence-electron chi connectivity index (χ0n) is 9.01. The van der Waals surface area contributed by atoms with Crippen molar-refractivity contribution in [1.82, 2.24) is 0 Å². The molecule has 1 aliphatic heterocycles. The van der Waals surface area contributed by atoms with Gasteiger partial charge in [-0.25, -0.2) is 0 Å². The van der Waals surface area contributed by atoms with Crippen LogP contribution in [0.25, 0.3) is 0 Å².